The number of para-hydroxylation sites is 1. The molecule has 0 bridgehead atoms. The standard InChI is InChI=1S/C22H12N2O5S/c25-22-15(23-20(29-22)12-5-7-16-18(9-12)27-11-26-16)10-13-6-8-17(28-13)21-24-14-3-1-2-4-19(14)30-21/h1-10H,11H2/b15-10-. The number of benzene rings is 2. The summed E-state index contributed by atoms with van der Waals surface area (Å²) in [7, 11) is 0. The molecule has 0 spiro atoms. The summed E-state index contributed by atoms with van der Waals surface area (Å²) >= 11 is 1.55. The van der Waals surface area contributed by atoms with Crippen LogP contribution in [0.2, 0.25) is 0 Å². The molecule has 146 valence electrons. The fraction of sp³-hybridized carbons (Fsp3) is 0.0455. The third kappa shape index (κ3) is 2.85. The number of hydrogen-bond donors (Lipinski definition) is 0. The Morgan fingerprint density at radius 1 is 1.00 bits per heavy atom. The van der Waals surface area contributed by atoms with Crippen LogP contribution in [0, 0.1) is 0 Å². The second kappa shape index (κ2) is 6.57. The first-order chi connectivity index (χ1) is 14.7. The highest BCUT2D eigenvalue weighted by molar-refractivity contribution is 7.21. The lowest BCUT2D eigenvalue weighted by Crippen LogP contribution is -2.05. The SMILES string of the molecule is O=C1OC(c2ccc3c(c2)OCO3)=N/C1=C\c1ccc(-c2nc3ccccc3s2)o1. The highest BCUT2D eigenvalue weighted by Crippen LogP contribution is 2.34. The fourth-order valence-electron chi connectivity index (χ4n) is 3.22. The van der Waals surface area contributed by atoms with Gasteiger partial charge in [0.15, 0.2) is 28.0 Å². The van der Waals surface area contributed by atoms with Crippen LogP contribution in [0.15, 0.2) is 69.7 Å². The first-order valence-electron chi connectivity index (χ1n) is 9.11. The Morgan fingerprint density at radius 3 is 2.83 bits per heavy atom. The lowest BCUT2D eigenvalue weighted by molar-refractivity contribution is -0.129. The predicted molar refractivity (Wildman–Crippen MR) is 110 cm³/mol. The van der Waals surface area contributed by atoms with Gasteiger partial charge < -0.3 is 18.6 Å². The van der Waals surface area contributed by atoms with Gasteiger partial charge in [-0.15, -0.1) is 11.3 Å². The van der Waals surface area contributed by atoms with Crippen molar-refractivity contribution in [3.63, 3.8) is 0 Å². The van der Waals surface area contributed by atoms with Gasteiger partial charge >= 0.3 is 5.97 Å². The number of esters is 1. The van der Waals surface area contributed by atoms with Gasteiger partial charge in [0.05, 0.1) is 10.2 Å². The summed E-state index contributed by atoms with van der Waals surface area (Å²) in [4.78, 5) is 21.2. The van der Waals surface area contributed by atoms with Crippen molar-refractivity contribution in [2.45, 2.75) is 0 Å². The topological polar surface area (TPSA) is 83.2 Å². The third-order valence-electron chi connectivity index (χ3n) is 4.65. The maximum absolute atomic E-state index is 12.3. The summed E-state index contributed by atoms with van der Waals surface area (Å²) < 4.78 is 22.9. The second-order valence-electron chi connectivity index (χ2n) is 6.59. The van der Waals surface area contributed by atoms with E-state index in [1.54, 1.807) is 41.7 Å². The highest BCUT2D eigenvalue weighted by atomic mass is 32.1. The molecule has 0 N–H and O–H groups in total. The van der Waals surface area contributed by atoms with Gasteiger partial charge in [-0.3, -0.25) is 0 Å². The zero-order chi connectivity index (χ0) is 20.1. The molecule has 2 aliphatic rings. The molecule has 0 amide bonds. The van der Waals surface area contributed by atoms with Gasteiger partial charge in [0.25, 0.3) is 0 Å². The first kappa shape index (κ1) is 17.0. The molecule has 0 fully saturated rings. The average molecular weight is 416 g/mol. The number of thiazole rings is 1. The molecule has 0 unspecified atom stereocenters. The third-order valence-corrected chi connectivity index (χ3v) is 5.70. The number of aliphatic imine (C=N–C) groups is 1. The maximum Gasteiger partial charge on any atom is 0.363 e. The van der Waals surface area contributed by atoms with Crippen LogP contribution in [0.4, 0.5) is 0 Å². The Morgan fingerprint density at radius 2 is 1.90 bits per heavy atom. The van der Waals surface area contributed by atoms with E-state index < -0.39 is 5.97 Å². The summed E-state index contributed by atoms with van der Waals surface area (Å²) in [6, 6.07) is 16.8. The van der Waals surface area contributed by atoms with Crippen LogP contribution in [-0.2, 0) is 9.53 Å². The van der Waals surface area contributed by atoms with Crippen molar-refractivity contribution in [2.24, 2.45) is 4.99 Å². The zero-order valence-corrected chi connectivity index (χ0v) is 16.1. The summed E-state index contributed by atoms with van der Waals surface area (Å²) in [6.07, 6.45) is 1.55. The Bertz CT molecular complexity index is 1350. The molecule has 30 heavy (non-hydrogen) atoms. The molecule has 8 heteroatoms. The first-order valence-corrected chi connectivity index (χ1v) is 9.93. The molecule has 0 radical (unpaired) electrons. The van der Waals surface area contributed by atoms with E-state index in [-0.39, 0.29) is 18.4 Å². The van der Waals surface area contributed by atoms with Gasteiger partial charge in [0.2, 0.25) is 12.7 Å². The van der Waals surface area contributed by atoms with Gasteiger partial charge in [-0.2, -0.15) is 0 Å². The molecule has 7 nitrogen and oxygen atoms in total. The number of cyclic esters (lactones) is 1. The number of carbonyl (C=O) groups is 1. The molecule has 2 aromatic heterocycles. The van der Waals surface area contributed by atoms with Gasteiger partial charge in [0.1, 0.15) is 5.76 Å². The van der Waals surface area contributed by atoms with Gasteiger partial charge in [-0.05, 0) is 42.5 Å². The van der Waals surface area contributed by atoms with E-state index >= 15 is 0 Å². The number of aromatic nitrogens is 1. The van der Waals surface area contributed by atoms with Crippen molar-refractivity contribution in [1.29, 1.82) is 0 Å². The van der Waals surface area contributed by atoms with Crippen molar-refractivity contribution in [3.05, 3.63) is 71.6 Å². The molecule has 2 aromatic carbocycles. The number of fused-ring (bicyclic) bond motifs is 2. The average Bonchev–Trinajstić information content (AvgIpc) is 3.54. The number of furan rings is 1. The quantitative estimate of drug-likeness (QED) is 0.358. The van der Waals surface area contributed by atoms with Crippen LogP contribution in [0.1, 0.15) is 11.3 Å². The van der Waals surface area contributed by atoms with Gasteiger partial charge in [0, 0.05) is 11.6 Å². The summed E-state index contributed by atoms with van der Waals surface area (Å²) in [6.45, 7) is 0.172. The van der Waals surface area contributed by atoms with Crippen molar-refractivity contribution >= 4 is 39.5 Å². The Hall–Kier alpha value is -3.91. The number of ether oxygens (including phenoxy) is 3. The Balaban J connectivity index is 1.30. The summed E-state index contributed by atoms with van der Waals surface area (Å²) in [5.74, 6) is 2.04. The minimum atomic E-state index is -0.541. The molecule has 0 saturated heterocycles. The molecule has 4 heterocycles. The second-order valence-corrected chi connectivity index (χ2v) is 7.62. The minimum absolute atomic E-state index is 0.160. The van der Waals surface area contributed by atoms with E-state index in [1.807, 2.05) is 30.3 Å². The monoisotopic (exact) mass is 416 g/mol. The number of rotatable bonds is 3. The van der Waals surface area contributed by atoms with E-state index in [2.05, 4.69) is 9.98 Å². The molecular weight excluding hydrogens is 404 g/mol. The van der Waals surface area contributed by atoms with Crippen LogP contribution in [0.3, 0.4) is 0 Å². The van der Waals surface area contributed by atoms with Crippen molar-refractivity contribution in [1.82, 2.24) is 4.98 Å². The molecule has 0 aliphatic carbocycles. The van der Waals surface area contributed by atoms with Crippen LogP contribution in [0.25, 0.3) is 27.1 Å². The van der Waals surface area contributed by atoms with Crippen LogP contribution >= 0.6 is 11.3 Å². The van der Waals surface area contributed by atoms with E-state index in [0.29, 0.717) is 28.6 Å². The summed E-state index contributed by atoms with van der Waals surface area (Å²) in [5.41, 5.74) is 1.71. The predicted octanol–water partition coefficient (Wildman–Crippen LogP) is 4.63. The fourth-order valence-corrected chi connectivity index (χ4v) is 4.15. The normalized spacial score (nSPS) is 16.3. The number of hydrogen-bond acceptors (Lipinski definition) is 8. The maximum atomic E-state index is 12.3. The van der Waals surface area contributed by atoms with E-state index in [1.165, 1.54) is 0 Å². The molecule has 4 aromatic rings. The minimum Gasteiger partial charge on any atom is -0.454 e. The molecule has 6 rings (SSSR count). The van der Waals surface area contributed by atoms with Crippen molar-refractivity contribution in [2.75, 3.05) is 6.79 Å². The van der Waals surface area contributed by atoms with Gasteiger partial charge in [-0.25, -0.2) is 14.8 Å². The lowest BCUT2D eigenvalue weighted by Gasteiger charge is -2.01. The lowest BCUT2D eigenvalue weighted by atomic mass is 10.2. The van der Waals surface area contributed by atoms with Crippen molar-refractivity contribution in [3.8, 4) is 22.3 Å². The van der Waals surface area contributed by atoms with E-state index in [9.17, 15) is 4.79 Å². The highest BCUT2D eigenvalue weighted by Gasteiger charge is 2.26. The molecule has 0 saturated carbocycles. The van der Waals surface area contributed by atoms with Crippen molar-refractivity contribution < 1.29 is 23.4 Å². The Labute approximate surface area is 173 Å². The van der Waals surface area contributed by atoms with Gasteiger partial charge in [-0.1, -0.05) is 12.1 Å². The van der Waals surface area contributed by atoms with E-state index in [4.69, 9.17) is 18.6 Å². The number of carbonyl (C=O) groups excluding carboxylic acids is 1. The smallest absolute Gasteiger partial charge is 0.363 e. The largest absolute Gasteiger partial charge is 0.454 e. The zero-order valence-electron chi connectivity index (χ0n) is 15.3. The number of nitrogens with zero attached hydrogens (tertiary/aromatic N) is 2. The molecular formula is C22H12N2O5S. The molecule has 2 aliphatic heterocycles. The van der Waals surface area contributed by atoms with Crippen LogP contribution in [-0.4, -0.2) is 23.6 Å². The Kier molecular flexibility index (Phi) is 3.72. The molecule has 0 atom stereocenters. The van der Waals surface area contributed by atoms with Crippen LogP contribution < -0.4 is 9.47 Å². The van der Waals surface area contributed by atoms with Crippen LogP contribution in [0.5, 0.6) is 11.5 Å². The van der Waals surface area contributed by atoms with E-state index in [0.717, 1.165) is 15.2 Å². The summed E-state index contributed by atoms with van der Waals surface area (Å²) in [5, 5.41) is 0.777.